The van der Waals surface area contributed by atoms with Crippen LogP contribution in [0.4, 0.5) is 0 Å². The van der Waals surface area contributed by atoms with E-state index in [-0.39, 0.29) is 23.2 Å². The highest BCUT2D eigenvalue weighted by molar-refractivity contribution is 5.82. The van der Waals surface area contributed by atoms with Crippen molar-refractivity contribution >= 4 is 5.91 Å². The van der Waals surface area contributed by atoms with Crippen molar-refractivity contribution in [3.05, 3.63) is 0 Å². The van der Waals surface area contributed by atoms with Gasteiger partial charge in [0.1, 0.15) is 0 Å². The van der Waals surface area contributed by atoms with Crippen molar-refractivity contribution in [2.24, 2.45) is 17.3 Å². The summed E-state index contributed by atoms with van der Waals surface area (Å²) in [5, 5.41) is 12.5. The highest BCUT2D eigenvalue weighted by Crippen LogP contribution is 2.51. The van der Waals surface area contributed by atoms with E-state index >= 15 is 0 Å². The zero-order chi connectivity index (χ0) is 11.6. The molecule has 1 saturated carbocycles. The molecule has 2 N–H and O–H groups in total. The first-order valence-electron chi connectivity index (χ1n) is 5.84. The molecule has 0 bridgehead atoms. The molecular formula is C12H23NO2. The molecule has 2 unspecified atom stereocenters. The monoisotopic (exact) mass is 213 g/mol. The molecule has 3 heteroatoms. The van der Waals surface area contributed by atoms with Gasteiger partial charge in [-0.15, -0.1) is 0 Å². The quantitative estimate of drug-likeness (QED) is 0.728. The van der Waals surface area contributed by atoms with Gasteiger partial charge in [0.15, 0.2) is 0 Å². The van der Waals surface area contributed by atoms with E-state index in [9.17, 15) is 9.90 Å². The average molecular weight is 213 g/mol. The Kier molecular flexibility index (Phi) is 3.77. The van der Waals surface area contributed by atoms with Crippen LogP contribution >= 0.6 is 0 Å². The van der Waals surface area contributed by atoms with Crippen LogP contribution in [0.25, 0.3) is 0 Å². The van der Waals surface area contributed by atoms with Crippen LogP contribution in [0.2, 0.25) is 0 Å². The Balaban J connectivity index is 2.23. The van der Waals surface area contributed by atoms with E-state index in [1.54, 1.807) is 0 Å². The molecule has 3 nitrogen and oxygen atoms in total. The van der Waals surface area contributed by atoms with Crippen LogP contribution in [-0.2, 0) is 4.79 Å². The Morgan fingerprint density at radius 1 is 1.60 bits per heavy atom. The van der Waals surface area contributed by atoms with Crippen molar-refractivity contribution in [2.45, 2.75) is 46.6 Å². The standard InChI is InChI=1S/C12H23NO2/c1-5-8(2)10(14)7-13-11(15)9-6-12(9,3)4/h8-10,14H,5-7H2,1-4H3,(H,13,15)/t8?,9-,10?/m1/s1. The van der Waals surface area contributed by atoms with E-state index < -0.39 is 6.10 Å². The Morgan fingerprint density at radius 3 is 2.53 bits per heavy atom. The van der Waals surface area contributed by atoms with E-state index in [1.807, 2.05) is 13.8 Å². The molecule has 1 amide bonds. The number of aliphatic hydroxyl groups excluding tert-OH is 1. The average Bonchev–Trinajstić information content (AvgIpc) is 2.82. The summed E-state index contributed by atoms with van der Waals surface area (Å²) >= 11 is 0. The molecule has 15 heavy (non-hydrogen) atoms. The molecule has 88 valence electrons. The topological polar surface area (TPSA) is 49.3 Å². The van der Waals surface area contributed by atoms with Crippen molar-refractivity contribution in [2.75, 3.05) is 6.54 Å². The van der Waals surface area contributed by atoms with Gasteiger partial charge < -0.3 is 10.4 Å². The highest BCUT2D eigenvalue weighted by Gasteiger charge is 2.50. The zero-order valence-corrected chi connectivity index (χ0v) is 10.2. The lowest BCUT2D eigenvalue weighted by atomic mass is 10.0. The minimum absolute atomic E-state index is 0.0994. The summed E-state index contributed by atoms with van der Waals surface area (Å²) in [7, 11) is 0. The third kappa shape index (κ3) is 3.20. The zero-order valence-electron chi connectivity index (χ0n) is 10.2. The first kappa shape index (κ1) is 12.5. The molecule has 0 aromatic heterocycles. The van der Waals surface area contributed by atoms with Crippen LogP contribution in [0.1, 0.15) is 40.5 Å². The second-order valence-electron chi connectivity index (χ2n) is 5.44. The smallest absolute Gasteiger partial charge is 0.223 e. The molecule has 3 atom stereocenters. The lowest BCUT2D eigenvalue weighted by Crippen LogP contribution is -2.36. The molecule has 0 aliphatic heterocycles. The number of hydrogen-bond acceptors (Lipinski definition) is 2. The SMILES string of the molecule is CCC(C)C(O)CNC(=O)[C@H]1CC1(C)C. The normalized spacial score (nSPS) is 26.9. The van der Waals surface area contributed by atoms with E-state index in [0.29, 0.717) is 6.54 Å². The van der Waals surface area contributed by atoms with Gasteiger partial charge in [-0.05, 0) is 17.8 Å². The molecule has 0 heterocycles. The summed E-state index contributed by atoms with van der Waals surface area (Å²) in [6, 6.07) is 0. The molecule has 0 aromatic rings. The van der Waals surface area contributed by atoms with Crippen LogP contribution in [0.5, 0.6) is 0 Å². The maximum Gasteiger partial charge on any atom is 0.223 e. The third-order valence-corrected chi connectivity index (χ3v) is 3.62. The molecule has 0 saturated heterocycles. The predicted molar refractivity (Wildman–Crippen MR) is 60.4 cm³/mol. The Morgan fingerprint density at radius 2 is 2.13 bits per heavy atom. The molecule has 0 spiro atoms. The van der Waals surface area contributed by atoms with Crippen molar-refractivity contribution < 1.29 is 9.90 Å². The number of nitrogens with one attached hydrogen (secondary N) is 1. The maximum absolute atomic E-state index is 11.6. The van der Waals surface area contributed by atoms with E-state index in [0.717, 1.165) is 12.8 Å². The molecule has 1 aliphatic carbocycles. The number of amides is 1. The Labute approximate surface area is 92.3 Å². The number of carbonyl (C=O) groups is 1. The van der Waals surface area contributed by atoms with Gasteiger partial charge in [0.05, 0.1) is 6.10 Å². The van der Waals surface area contributed by atoms with Gasteiger partial charge in [0.25, 0.3) is 0 Å². The fourth-order valence-corrected chi connectivity index (χ4v) is 1.72. The van der Waals surface area contributed by atoms with Crippen molar-refractivity contribution in [1.82, 2.24) is 5.32 Å². The van der Waals surface area contributed by atoms with Crippen LogP contribution in [0, 0.1) is 17.3 Å². The Bertz CT molecular complexity index is 238. The number of hydrogen-bond donors (Lipinski definition) is 2. The second-order valence-corrected chi connectivity index (χ2v) is 5.44. The van der Waals surface area contributed by atoms with Crippen molar-refractivity contribution in [3.8, 4) is 0 Å². The summed E-state index contributed by atoms with van der Waals surface area (Å²) < 4.78 is 0. The second kappa shape index (κ2) is 4.52. The summed E-state index contributed by atoms with van der Waals surface area (Å²) in [4.78, 5) is 11.6. The fraction of sp³-hybridized carbons (Fsp3) is 0.917. The van der Waals surface area contributed by atoms with E-state index in [4.69, 9.17) is 0 Å². The number of aliphatic hydroxyl groups is 1. The molecule has 1 aliphatic rings. The predicted octanol–water partition coefficient (Wildman–Crippen LogP) is 1.56. The van der Waals surface area contributed by atoms with Gasteiger partial charge in [-0.3, -0.25) is 4.79 Å². The molecule has 1 fully saturated rings. The Hall–Kier alpha value is -0.570. The van der Waals surface area contributed by atoms with Crippen LogP contribution in [0.15, 0.2) is 0 Å². The third-order valence-electron chi connectivity index (χ3n) is 3.62. The van der Waals surface area contributed by atoms with Gasteiger partial charge in [-0.25, -0.2) is 0 Å². The summed E-state index contributed by atoms with van der Waals surface area (Å²) in [5.74, 6) is 0.501. The van der Waals surface area contributed by atoms with E-state index in [1.165, 1.54) is 0 Å². The van der Waals surface area contributed by atoms with Crippen LogP contribution in [0.3, 0.4) is 0 Å². The maximum atomic E-state index is 11.6. The fourth-order valence-electron chi connectivity index (χ4n) is 1.72. The lowest BCUT2D eigenvalue weighted by Gasteiger charge is -2.17. The number of carbonyl (C=O) groups excluding carboxylic acids is 1. The number of rotatable bonds is 5. The first-order valence-corrected chi connectivity index (χ1v) is 5.84. The van der Waals surface area contributed by atoms with Gasteiger partial charge in [-0.1, -0.05) is 34.1 Å². The molecule has 0 radical (unpaired) electrons. The van der Waals surface area contributed by atoms with Gasteiger partial charge >= 0.3 is 0 Å². The van der Waals surface area contributed by atoms with Gasteiger partial charge in [0.2, 0.25) is 5.91 Å². The van der Waals surface area contributed by atoms with Crippen molar-refractivity contribution in [1.29, 1.82) is 0 Å². The van der Waals surface area contributed by atoms with Crippen LogP contribution in [-0.4, -0.2) is 23.7 Å². The highest BCUT2D eigenvalue weighted by atomic mass is 16.3. The minimum Gasteiger partial charge on any atom is -0.391 e. The molecule has 0 aromatic carbocycles. The van der Waals surface area contributed by atoms with Crippen LogP contribution < -0.4 is 5.32 Å². The minimum atomic E-state index is -0.416. The van der Waals surface area contributed by atoms with Gasteiger partial charge in [0, 0.05) is 12.5 Å². The van der Waals surface area contributed by atoms with Crippen molar-refractivity contribution in [3.63, 3.8) is 0 Å². The summed E-state index contributed by atoms with van der Waals surface area (Å²) in [6.07, 6.45) is 1.49. The molecular weight excluding hydrogens is 190 g/mol. The lowest BCUT2D eigenvalue weighted by molar-refractivity contribution is -0.123. The molecule has 1 rings (SSSR count). The summed E-state index contributed by atoms with van der Waals surface area (Å²) in [5.41, 5.74) is 0.172. The van der Waals surface area contributed by atoms with Gasteiger partial charge in [-0.2, -0.15) is 0 Å². The van der Waals surface area contributed by atoms with E-state index in [2.05, 4.69) is 19.2 Å². The first-order chi connectivity index (χ1) is 6.88. The summed E-state index contributed by atoms with van der Waals surface area (Å²) in [6.45, 7) is 8.63. The largest absolute Gasteiger partial charge is 0.391 e.